The van der Waals surface area contributed by atoms with E-state index < -0.39 is 17.8 Å². The third-order valence-electron chi connectivity index (χ3n) is 6.57. The lowest BCUT2D eigenvalue weighted by Crippen LogP contribution is -2.47. The first-order chi connectivity index (χ1) is 18.5. The highest BCUT2D eigenvalue weighted by Gasteiger charge is 2.44. The van der Waals surface area contributed by atoms with E-state index in [2.05, 4.69) is 5.32 Å². The van der Waals surface area contributed by atoms with Crippen molar-refractivity contribution in [3.8, 4) is 11.5 Å². The van der Waals surface area contributed by atoms with Gasteiger partial charge in [0.15, 0.2) is 0 Å². The Balaban J connectivity index is 1.47. The molecule has 0 aliphatic carbocycles. The molecule has 1 aliphatic rings. The molecule has 4 aromatic carbocycles. The minimum absolute atomic E-state index is 0.196. The highest BCUT2D eigenvalue weighted by atomic mass is 19.1. The number of carbonyl (C=O) groups excluding carboxylic acids is 2. The number of para-hydroxylation sites is 1. The molecule has 1 aliphatic heterocycles. The van der Waals surface area contributed by atoms with Gasteiger partial charge in [0.2, 0.25) is 5.91 Å². The van der Waals surface area contributed by atoms with Gasteiger partial charge in [-0.3, -0.25) is 9.59 Å². The SMILES string of the molecule is COCCN1C(=O)c2ccccc2[C@H](C(=O)Nc2ccc(Oc3ccccc3)cc2)[C@@H]1c1ccc(F)cc1. The van der Waals surface area contributed by atoms with Crippen LogP contribution in [0.3, 0.4) is 0 Å². The molecule has 2 atom stereocenters. The summed E-state index contributed by atoms with van der Waals surface area (Å²) in [6.45, 7) is 0.573. The first-order valence-electron chi connectivity index (χ1n) is 12.3. The van der Waals surface area contributed by atoms with E-state index in [1.54, 1.807) is 66.6 Å². The zero-order valence-corrected chi connectivity index (χ0v) is 20.8. The highest BCUT2D eigenvalue weighted by molar-refractivity contribution is 6.04. The van der Waals surface area contributed by atoms with E-state index in [0.29, 0.717) is 40.5 Å². The van der Waals surface area contributed by atoms with Crippen LogP contribution in [0.4, 0.5) is 10.1 Å². The van der Waals surface area contributed by atoms with E-state index in [9.17, 15) is 14.0 Å². The van der Waals surface area contributed by atoms with E-state index in [-0.39, 0.29) is 18.4 Å². The van der Waals surface area contributed by atoms with Gasteiger partial charge in [-0.05, 0) is 65.7 Å². The normalized spacial score (nSPS) is 16.6. The number of hydrogen-bond acceptors (Lipinski definition) is 4. The number of rotatable bonds is 8. The molecule has 0 saturated heterocycles. The molecule has 6 nitrogen and oxygen atoms in total. The molecule has 7 heteroatoms. The summed E-state index contributed by atoms with van der Waals surface area (Å²) >= 11 is 0. The molecule has 0 spiro atoms. The summed E-state index contributed by atoms with van der Waals surface area (Å²) < 4.78 is 24.9. The van der Waals surface area contributed by atoms with Gasteiger partial charge in [0.05, 0.1) is 18.6 Å². The number of fused-ring (bicyclic) bond motifs is 1. The van der Waals surface area contributed by atoms with Crippen LogP contribution in [0.15, 0.2) is 103 Å². The largest absolute Gasteiger partial charge is 0.457 e. The molecular formula is C31H27FN2O4. The summed E-state index contributed by atoms with van der Waals surface area (Å²) in [6, 6.07) is 28.9. The van der Waals surface area contributed by atoms with Crippen molar-refractivity contribution in [1.82, 2.24) is 4.90 Å². The molecule has 0 aromatic heterocycles. The van der Waals surface area contributed by atoms with Crippen LogP contribution in [0.1, 0.15) is 33.4 Å². The number of hydrogen-bond donors (Lipinski definition) is 1. The topological polar surface area (TPSA) is 67.9 Å². The Hall–Kier alpha value is -4.49. The molecule has 5 rings (SSSR count). The second-order valence-corrected chi connectivity index (χ2v) is 8.98. The molecule has 0 bridgehead atoms. The Morgan fingerprint density at radius 3 is 2.24 bits per heavy atom. The summed E-state index contributed by atoms with van der Waals surface area (Å²) in [7, 11) is 1.56. The van der Waals surface area contributed by atoms with Crippen LogP contribution in [0.2, 0.25) is 0 Å². The van der Waals surface area contributed by atoms with E-state index in [1.165, 1.54) is 12.1 Å². The zero-order chi connectivity index (χ0) is 26.5. The van der Waals surface area contributed by atoms with Gasteiger partial charge in [0.25, 0.3) is 5.91 Å². The van der Waals surface area contributed by atoms with Gasteiger partial charge in [-0.25, -0.2) is 4.39 Å². The molecule has 0 saturated carbocycles. The Bertz CT molecular complexity index is 1410. The minimum atomic E-state index is -0.730. The van der Waals surface area contributed by atoms with Crippen LogP contribution in [-0.4, -0.2) is 37.0 Å². The molecule has 38 heavy (non-hydrogen) atoms. The average molecular weight is 511 g/mol. The summed E-state index contributed by atoms with van der Waals surface area (Å²) in [5.74, 6) is -0.245. The number of benzene rings is 4. The number of anilines is 1. The molecule has 2 amide bonds. The quantitative estimate of drug-likeness (QED) is 0.307. The molecule has 1 N–H and O–H groups in total. The number of methoxy groups -OCH3 is 1. The predicted molar refractivity (Wildman–Crippen MR) is 143 cm³/mol. The molecule has 0 unspecified atom stereocenters. The number of carbonyl (C=O) groups is 2. The van der Waals surface area contributed by atoms with E-state index in [1.807, 2.05) is 36.4 Å². The fourth-order valence-corrected chi connectivity index (χ4v) is 4.79. The van der Waals surface area contributed by atoms with Gasteiger partial charge in [0, 0.05) is 24.9 Å². The Morgan fingerprint density at radius 1 is 0.868 bits per heavy atom. The third-order valence-corrected chi connectivity index (χ3v) is 6.57. The second-order valence-electron chi connectivity index (χ2n) is 8.98. The van der Waals surface area contributed by atoms with Gasteiger partial charge in [-0.1, -0.05) is 48.5 Å². The molecule has 4 aromatic rings. The Morgan fingerprint density at radius 2 is 1.53 bits per heavy atom. The molecular weight excluding hydrogens is 483 g/mol. The van der Waals surface area contributed by atoms with Gasteiger partial charge in [0.1, 0.15) is 17.3 Å². The lowest BCUT2D eigenvalue weighted by Gasteiger charge is -2.41. The van der Waals surface area contributed by atoms with Crippen molar-refractivity contribution in [2.24, 2.45) is 0 Å². The Labute approximate surface area is 220 Å². The first kappa shape index (κ1) is 25.2. The van der Waals surface area contributed by atoms with Gasteiger partial charge < -0.3 is 19.7 Å². The summed E-state index contributed by atoms with van der Waals surface area (Å²) in [5, 5.41) is 3.01. The van der Waals surface area contributed by atoms with Crippen molar-refractivity contribution < 1.29 is 23.5 Å². The summed E-state index contributed by atoms with van der Waals surface area (Å²) in [5.41, 5.74) is 2.35. The standard InChI is InChI=1S/C31H27FN2O4/c1-37-20-19-34-29(21-11-13-22(32)14-12-21)28(26-9-5-6-10-27(26)31(34)36)30(35)33-23-15-17-25(18-16-23)38-24-7-3-2-4-8-24/h2-18,28-29H,19-20H2,1H3,(H,33,35)/t28-,29-/m0/s1. The van der Waals surface area contributed by atoms with E-state index in [4.69, 9.17) is 9.47 Å². The van der Waals surface area contributed by atoms with Crippen LogP contribution in [0, 0.1) is 5.82 Å². The fourth-order valence-electron chi connectivity index (χ4n) is 4.79. The number of ether oxygens (including phenoxy) is 2. The lowest BCUT2D eigenvalue weighted by molar-refractivity contribution is -0.119. The number of nitrogens with zero attached hydrogens (tertiary/aromatic N) is 1. The molecule has 1 heterocycles. The number of amides is 2. The average Bonchev–Trinajstić information content (AvgIpc) is 2.94. The van der Waals surface area contributed by atoms with Crippen LogP contribution < -0.4 is 10.1 Å². The lowest BCUT2D eigenvalue weighted by atomic mass is 9.79. The van der Waals surface area contributed by atoms with Crippen LogP contribution >= 0.6 is 0 Å². The Kier molecular flexibility index (Phi) is 7.47. The van der Waals surface area contributed by atoms with Crippen molar-refractivity contribution in [2.45, 2.75) is 12.0 Å². The van der Waals surface area contributed by atoms with Gasteiger partial charge >= 0.3 is 0 Å². The first-order valence-corrected chi connectivity index (χ1v) is 12.3. The fraction of sp³-hybridized carbons (Fsp3) is 0.161. The van der Waals surface area contributed by atoms with Crippen molar-refractivity contribution >= 4 is 17.5 Å². The molecule has 0 fully saturated rings. The second kappa shape index (κ2) is 11.3. The van der Waals surface area contributed by atoms with Crippen molar-refractivity contribution in [2.75, 3.05) is 25.6 Å². The van der Waals surface area contributed by atoms with Crippen LogP contribution in [0.25, 0.3) is 0 Å². The maximum absolute atomic E-state index is 13.9. The van der Waals surface area contributed by atoms with E-state index >= 15 is 0 Å². The van der Waals surface area contributed by atoms with Crippen LogP contribution in [-0.2, 0) is 9.53 Å². The number of halogens is 1. The van der Waals surface area contributed by atoms with E-state index in [0.717, 1.165) is 0 Å². The highest BCUT2D eigenvalue weighted by Crippen LogP contribution is 2.43. The van der Waals surface area contributed by atoms with Gasteiger partial charge in [-0.15, -0.1) is 0 Å². The van der Waals surface area contributed by atoms with Gasteiger partial charge in [-0.2, -0.15) is 0 Å². The zero-order valence-electron chi connectivity index (χ0n) is 20.8. The smallest absolute Gasteiger partial charge is 0.254 e. The molecule has 0 radical (unpaired) electrons. The van der Waals surface area contributed by atoms with Crippen molar-refractivity contribution in [1.29, 1.82) is 0 Å². The summed E-state index contributed by atoms with van der Waals surface area (Å²) in [4.78, 5) is 29.1. The monoisotopic (exact) mass is 510 g/mol. The molecule has 192 valence electrons. The van der Waals surface area contributed by atoms with Crippen molar-refractivity contribution in [3.63, 3.8) is 0 Å². The maximum atomic E-state index is 13.9. The third kappa shape index (κ3) is 5.28. The number of nitrogens with one attached hydrogen (secondary N) is 1. The summed E-state index contributed by atoms with van der Waals surface area (Å²) in [6.07, 6.45) is 0. The maximum Gasteiger partial charge on any atom is 0.254 e. The van der Waals surface area contributed by atoms with Crippen molar-refractivity contribution in [3.05, 3.63) is 126 Å². The van der Waals surface area contributed by atoms with Crippen LogP contribution in [0.5, 0.6) is 11.5 Å². The predicted octanol–water partition coefficient (Wildman–Crippen LogP) is 6.18. The minimum Gasteiger partial charge on any atom is -0.457 e.